The van der Waals surface area contributed by atoms with Crippen LogP contribution in [0.4, 0.5) is 0 Å². The molecule has 1 aliphatic heterocycles. The van der Waals surface area contributed by atoms with Gasteiger partial charge in [0.05, 0.1) is 12.2 Å². The Morgan fingerprint density at radius 3 is 2.83 bits per heavy atom. The van der Waals surface area contributed by atoms with Crippen molar-refractivity contribution in [2.75, 3.05) is 13.1 Å². The van der Waals surface area contributed by atoms with E-state index < -0.39 is 0 Å². The number of hydrogen-bond acceptors (Lipinski definition) is 4. The van der Waals surface area contributed by atoms with Gasteiger partial charge < -0.3 is 4.90 Å². The third-order valence-corrected chi connectivity index (χ3v) is 5.22. The maximum Gasteiger partial charge on any atom is 0.226 e. The normalized spacial score (nSPS) is 26.6. The maximum absolute atomic E-state index is 12.9. The van der Waals surface area contributed by atoms with Crippen molar-refractivity contribution >= 4 is 5.91 Å². The molecule has 7 heteroatoms. The molecule has 2 aromatic rings. The lowest BCUT2D eigenvalue weighted by Gasteiger charge is -2.33. The topological polar surface area (TPSA) is 68.8 Å². The van der Waals surface area contributed by atoms with Gasteiger partial charge in [-0.15, -0.1) is 0 Å². The van der Waals surface area contributed by atoms with Crippen molar-refractivity contribution < 1.29 is 4.79 Å². The van der Waals surface area contributed by atoms with Crippen LogP contribution in [0.3, 0.4) is 0 Å². The molecule has 1 saturated heterocycles. The van der Waals surface area contributed by atoms with Gasteiger partial charge in [-0.3, -0.25) is 9.48 Å². The third-order valence-electron chi connectivity index (χ3n) is 5.22. The number of carbonyl (C=O) groups excluding carboxylic acids is 1. The van der Waals surface area contributed by atoms with E-state index in [0.717, 1.165) is 44.0 Å². The first-order chi connectivity index (χ1) is 11.5. The van der Waals surface area contributed by atoms with Gasteiger partial charge in [0, 0.05) is 32.3 Å². The van der Waals surface area contributed by atoms with E-state index in [1.165, 1.54) is 5.56 Å². The van der Waals surface area contributed by atoms with Gasteiger partial charge in [-0.1, -0.05) is 0 Å². The average molecular weight is 328 g/mol. The lowest BCUT2D eigenvalue weighted by molar-refractivity contribution is -0.134. The quantitative estimate of drug-likeness (QED) is 0.858. The van der Waals surface area contributed by atoms with Crippen LogP contribution in [0.25, 0.3) is 0 Å². The van der Waals surface area contributed by atoms with Gasteiger partial charge >= 0.3 is 0 Å². The van der Waals surface area contributed by atoms with E-state index in [9.17, 15) is 4.79 Å². The Morgan fingerprint density at radius 2 is 2.17 bits per heavy atom. The summed E-state index contributed by atoms with van der Waals surface area (Å²) in [6.45, 7) is 5.51. The van der Waals surface area contributed by atoms with Crippen LogP contribution in [0.2, 0.25) is 0 Å². The Bertz CT molecular complexity index is 763. The minimum Gasteiger partial charge on any atom is -0.340 e. The van der Waals surface area contributed by atoms with Gasteiger partial charge in [-0.2, -0.15) is 10.2 Å². The molecule has 3 atom stereocenters. The first-order valence-corrected chi connectivity index (χ1v) is 8.70. The largest absolute Gasteiger partial charge is 0.340 e. The summed E-state index contributed by atoms with van der Waals surface area (Å²) in [5, 5.41) is 8.73. The summed E-state index contributed by atoms with van der Waals surface area (Å²) >= 11 is 0. The molecule has 7 nitrogen and oxygen atoms in total. The van der Waals surface area contributed by atoms with Crippen LogP contribution < -0.4 is 0 Å². The molecule has 2 fully saturated rings. The zero-order valence-electron chi connectivity index (χ0n) is 14.5. The van der Waals surface area contributed by atoms with Crippen molar-refractivity contribution in [2.24, 2.45) is 13.0 Å². The van der Waals surface area contributed by atoms with Crippen LogP contribution in [-0.2, 0) is 11.8 Å². The third kappa shape index (κ3) is 2.72. The van der Waals surface area contributed by atoms with Crippen LogP contribution >= 0.6 is 0 Å². The Labute approximate surface area is 141 Å². The summed E-state index contributed by atoms with van der Waals surface area (Å²) in [6, 6.07) is 0.250. The predicted octanol–water partition coefficient (Wildman–Crippen LogP) is 1.60. The Balaban J connectivity index is 1.43. The molecule has 0 unspecified atom stereocenters. The van der Waals surface area contributed by atoms with E-state index in [0.29, 0.717) is 11.8 Å². The molecular formula is C17H24N6O. The van der Waals surface area contributed by atoms with E-state index in [4.69, 9.17) is 0 Å². The van der Waals surface area contributed by atoms with Crippen LogP contribution in [0.1, 0.15) is 48.4 Å². The number of likely N-dealkylation sites (tertiary alicyclic amines) is 1. The summed E-state index contributed by atoms with van der Waals surface area (Å²) in [6.07, 6.45) is 6.95. The molecule has 24 heavy (non-hydrogen) atoms. The van der Waals surface area contributed by atoms with Gasteiger partial charge in [0.2, 0.25) is 5.91 Å². The van der Waals surface area contributed by atoms with E-state index in [1.807, 2.05) is 47.6 Å². The highest BCUT2D eigenvalue weighted by Gasteiger charge is 2.47. The fourth-order valence-corrected chi connectivity index (χ4v) is 3.94. The Morgan fingerprint density at radius 1 is 1.33 bits per heavy atom. The zero-order chi connectivity index (χ0) is 16.8. The second-order valence-corrected chi connectivity index (χ2v) is 7.13. The van der Waals surface area contributed by atoms with Crippen molar-refractivity contribution in [3.05, 3.63) is 29.6 Å². The SMILES string of the molecule is Cc1nc(C)n([C@@H]2CCCN(C(=O)[C@H]3C[C@H]3c3cnn(C)c3)C2)n1. The molecule has 1 aliphatic carbocycles. The van der Waals surface area contributed by atoms with E-state index in [1.54, 1.807) is 0 Å². The molecule has 4 rings (SSSR count). The average Bonchev–Trinajstić information content (AvgIpc) is 3.13. The second-order valence-electron chi connectivity index (χ2n) is 7.13. The molecule has 1 saturated carbocycles. The van der Waals surface area contributed by atoms with Gasteiger partial charge in [-0.25, -0.2) is 9.67 Å². The molecule has 2 aliphatic rings. The van der Waals surface area contributed by atoms with Crippen molar-refractivity contribution in [2.45, 2.75) is 45.1 Å². The van der Waals surface area contributed by atoms with E-state index in [-0.39, 0.29) is 12.0 Å². The summed E-state index contributed by atoms with van der Waals surface area (Å²) < 4.78 is 3.81. The number of nitrogens with zero attached hydrogens (tertiary/aromatic N) is 6. The number of amides is 1. The fraction of sp³-hybridized carbons (Fsp3) is 0.647. The molecule has 0 radical (unpaired) electrons. The molecule has 128 valence electrons. The fourth-order valence-electron chi connectivity index (χ4n) is 3.94. The minimum atomic E-state index is 0.131. The molecule has 3 heterocycles. The second kappa shape index (κ2) is 5.72. The smallest absolute Gasteiger partial charge is 0.226 e. The van der Waals surface area contributed by atoms with Crippen LogP contribution in [0.5, 0.6) is 0 Å². The Hall–Kier alpha value is -2.18. The molecule has 1 amide bonds. The summed E-state index contributed by atoms with van der Waals surface area (Å²) in [5.41, 5.74) is 1.19. The van der Waals surface area contributed by atoms with Crippen molar-refractivity contribution in [3.63, 3.8) is 0 Å². The monoisotopic (exact) mass is 328 g/mol. The first-order valence-electron chi connectivity index (χ1n) is 8.70. The summed E-state index contributed by atoms with van der Waals surface area (Å²) in [4.78, 5) is 19.3. The first kappa shape index (κ1) is 15.4. The van der Waals surface area contributed by atoms with Gasteiger partial charge in [0.25, 0.3) is 0 Å². The van der Waals surface area contributed by atoms with Crippen molar-refractivity contribution in [1.82, 2.24) is 29.4 Å². The molecular weight excluding hydrogens is 304 g/mol. The minimum absolute atomic E-state index is 0.131. The number of hydrogen-bond donors (Lipinski definition) is 0. The molecule has 0 aromatic carbocycles. The van der Waals surface area contributed by atoms with Crippen LogP contribution in [0.15, 0.2) is 12.4 Å². The highest BCUT2D eigenvalue weighted by atomic mass is 16.2. The molecule has 0 N–H and O–H groups in total. The number of carbonyl (C=O) groups is 1. The molecule has 0 bridgehead atoms. The number of rotatable bonds is 3. The van der Waals surface area contributed by atoms with Crippen LogP contribution in [-0.4, -0.2) is 48.4 Å². The van der Waals surface area contributed by atoms with E-state index >= 15 is 0 Å². The standard InChI is InChI=1S/C17H24N6O/c1-11-19-12(2)23(20-11)14-5-4-6-22(10-14)17(24)16-7-15(16)13-8-18-21(3)9-13/h8-9,14-16H,4-7,10H2,1-3H3/t14-,15+,16+/m1/s1. The number of aromatic nitrogens is 5. The lowest BCUT2D eigenvalue weighted by Crippen LogP contribution is -2.42. The summed E-state index contributed by atoms with van der Waals surface area (Å²) in [7, 11) is 1.92. The van der Waals surface area contributed by atoms with Crippen molar-refractivity contribution in [1.29, 1.82) is 0 Å². The van der Waals surface area contributed by atoms with Crippen molar-refractivity contribution in [3.8, 4) is 0 Å². The summed E-state index contributed by atoms with van der Waals surface area (Å²) in [5.74, 6) is 2.51. The zero-order valence-corrected chi connectivity index (χ0v) is 14.5. The van der Waals surface area contributed by atoms with Gasteiger partial charge in [0.15, 0.2) is 0 Å². The molecule has 0 spiro atoms. The highest BCUT2D eigenvalue weighted by molar-refractivity contribution is 5.83. The maximum atomic E-state index is 12.9. The van der Waals surface area contributed by atoms with Gasteiger partial charge in [-0.05, 0) is 44.6 Å². The van der Waals surface area contributed by atoms with E-state index in [2.05, 4.69) is 15.2 Å². The number of aryl methyl sites for hydroxylation is 3. The highest BCUT2D eigenvalue weighted by Crippen LogP contribution is 2.48. The van der Waals surface area contributed by atoms with Crippen LogP contribution in [0, 0.1) is 19.8 Å². The Kier molecular flexibility index (Phi) is 3.66. The predicted molar refractivity (Wildman–Crippen MR) is 88.4 cm³/mol. The number of piperidine rings is 1. The van der Waals surface area contributed by atoms with Gasteiger partial charge in [0.1, 0.15) is 11.6 Å². The lowest BCUT2D eigenvalue weighted by atomic mass is 10.0. The molecule has 2 aromatic heterocycles.